The van der Waals surface area contributed by atoms with E-state index in [0.29, 0.717) is 17.0 Å². The molecule has 5 nitrogen and oxygen atoms in total. The van der Waals surface area contributed by atoms with Crippen molar-refractivity contribution >= 4 is 5.97 Å². The third kappa shape index (κ3) is 2.39. The second-order valence-corrected chi connectivity index (χ2v) is 4.91. The first-order chi connectivity index (χ1) is 9.45. The van der Waals surface area contributed by atoms with E-state index in [1.54, 1.807) is 19.2 Å². The lowest BCUT2D eigenvalue weighted by Gasteiger charge is -2.06. The van der Waals surface area contributed by atoms with Gasteiger partial charge in [0.05, 0.1) is 7.11 Å². The second-order valence-electron chi connectivity index (χ2n) is 4.91. The summed E-state index contributed by atoms with van der Waals surface area (Å²) in [4.78, 5) is 11.5. The van der Waals surface area contributed by atoms with Gasteiger partial charge in [-0.15, -0.1) is 0 Å². The topological polar surface area (TPSA) is 72.6 Å². The molecule has 0 spiro atoms. The molecule has 106 valence electrons. The van der Waals surface area contributed by atoms with Gasteiger partial charge in [0.2, 0.25) is 0 Å². The molecule has 5 heteroatoms. The number of aromatic carboxylic acids is 1. The zero-order valence-electron chi connectivity index (χ0n) is 11.9. The van der Waals surface area contributed by atoms with E-state index in [1.807, 2.05) is 26.8 Å². The number of ether oxygens (including phenoxy) is 1. The van der Waals surface area contributed by atoms with Gasteiger partial charge in [-0.2, -0.15) is 0 Å². The summed E-state index contributed by atoms with van der Waals surface area (Å²) in [6.45, 7) is 5.64. The van der Waals surface area contributed by atoms with Gasteiger partial charge >= 0.3 is 5.97 Å². The van der Waals surface area contributed by atoms with Gasteiger partial charge in [0, 0.05) is 11.5 Å². The van der Waals surface area contributed by atoms with Crippen LogP contribution in [0.1, 0.15) is 41.4 Å². The number of aromatic nitrogens is 1. The van der Waals surface area contributed by atoms with E-state index in [1.165, 1.54) is 0 Å². The lowest BCUT2D eigenvalue weighted by molar-refractivity contribution is 0.0694. The molecule has 0 radical (unpaired) electrons. The van der Waals surface area contributed by atoms with Crippen molar-refractivity contribution in [3.05, 3.63) is 35.1 Å². The number of benzene rings is 1. The first-order valence-corrected chi connectivity index (χ1v) is 6.33. The minimum Gasteiger partial charge on any atom is -0.496 e. The third-order valence-electron chi connectivity index (χ3n) is 3.13. The molecule has 2 rings (SSSR count). The fraction of sp³-hybridized carbons (Fsp3) is 0.333. The number of methoxy groups -OCH3 is 1. The summed E-state index contributed by atoms with van der Waals surface area (Å²) in [5.74, 6) is 0.0688. The van der Waals surface area contributed by atoms with Crippen molar-refractivity contribution in [2.75, 3.05) is 7.11 Å². The van der Waals surface area contributed by atoms with Gasteiger partial charge in [-0.1, -0.05) is 19.0 Å². The number of hydrogen-bond donors (Lipinski definition) is 1. The molecule has 0 amide bonds. The highest BCUT2D eigenvalue weighted by Gasteiger charge is 2.25. The Labute approximate surface area is 117 Å². The van der Waals surface area contributed by atoms with Crippen LogP contribution in [-0.2, 0) is 0 Å². The van der Waals surface area contributed by atoms with E-state index in [2.05, 4.69) is 5.16 Å². The smallest absolute Gasteiger partial charge is 0.341 e. The van der Waals surface area contributed by atoms with Crippen LogP contribution in [0.5, 0.6) is 5.75 Å². The molecule has 0 saturated heterocycles. The number of aryl methyl sites for hydroxylation is 1. The normalized spacial score (nSPS) is 10.8. The average Bonchev–Trinajstić information content (AvgIpc) is 2.83. The van der Waals surface area contributed by atoms with Crippen molar-refractivity contribution in [3.63, 3.8) is 0 Å². The maximum absolute atomic E-state index is 11.5. The quantitative estimate of drug-likeness (QED) is 0.924. The Bertz CT molecular complexity index is 643. The summed E-state index contributed by atoms with van der Waals surface area (Å²) in [7, 11) is 1.59. The molecule has 0 aliphatic carbocycles. The van der Waals surface area contributed by atoms with Crippen LogP contribution in [0.15, 0.2) is 22.7 Å². The Balaban J connectivity index is 2.58. The minimum atomic E-state index is -1.03. The molecular formula is C15H17NO4. The van der Waals surface area contributed by atoms with Crippen LogP contribution in [-0.4, -0.2) is 23.3 Å². The first kappa shape index (κ1) is 14.1. The summed E-state index contributed by atoms with van der Waals surface area (Å²) in [6.07, 6.45) is 0. The Morgan fingerprint density at radius 3 is 2.60 bits per heavy atom. The standard InChI is InChI=1S/C15H17NO4/c1-8(2)14-12(15(17)18)13(16-20-14)10-5-6-11(19-4)9(3)7-10/h5-8H,1-4H3,(H,17,18). The fourth-order valence-corrected chi connectivity index (χ4v) is 2.13. The van der Waals surface area contributed by atoms with Crippen LogP contribution in [0.4, 0.5) is 0 Å². The molecule has 0 fully saturated rings. The molecule has 0 unspecified atom stereocenters. The van der Waals surface area contributed by atoms with E-state index < -0.39 is 5.97 Å². The molecule has 2 aromatic rings. The number of carbonyl (C=O) groups is 1. The first-order valence-electron chi connectivity index (χ1n) is 6.33. The van der Waals surface area contributed by atoms with E-state index in [9.17, 15) is 9.90 Å². The van der Waals surface area contributed by atoms with E-state index in [0.717, 1.165) is 11.3 Å². The summed E-state index contributed by atoms with van der Waals surface area (Å²) in [6, 6.07) is 5.41. The van der Waals surface area contributed by atoms with Crippen LogP contribution >= 0.6 is 0 Å². The number of hydrogen-bond acceptors (Lipinski definition) is 4. The number of carboxylic acid groups (broad SMARTS) is 1. The molecule has 20 heavy (non-hydrogen) atoms. The molecule has 0 aliphatic heterocycles. The molecule has 1 aromatic heterocycles. The van der Waals surface area contributed by atoms with Crippen molar-refractivity contribution in [3.8, 4) is 17.0 Å². The Kier molecular flexibility index (Phi) is 3.79. The molecular weight excluding hydrogens is 258 g/mol. The van der Waals surface area contributed by atoms with Crippen molar-refractivity contribution in [2.24, 2.45) is 0 Å². The Hall–Kier alpha value is -2.30. The van der Waals surface area contributed by atoms with Crippen molar-refractivity contribution in [2.45, 2.75) is 26.7 Å². The number of carboxylic acids is 1. The Morgan fingerprint density at radius 1 is 1.40 bits per heavy atom. The number of nitrogens with zero attached hydrogens (tertiary/aromatic N) is 1. The molecule has 1 heterocycles. The fourth-order valence-electron chi connectivity index (χ4n) is 2.13. The molecule has 0 atom stereocenters. The molecule has 1 aromatic carbocycles. The summed E-state index contributed by atoms with van der Waals surface area (Å²) in [5.41, 5.74) is 2.10. The van der Waals surface area contributed by atoms with E-state index >= 15 is 0 Å². The van der Waals surface area contributed by atoms with Crippen LogP contribution in [0, 0.1) is 6.92 Å². The predicted octanol–water partition coefficient (Wildman–Crippen LogP) is 3.48. The molecule has 1 N–H and O–H groups in total. The van der Waals surface area contributed by atoms with Crippen LogP contribution in [0.25, 0.3) is 11.3 Å². The van der Waals surface area contributed by atoms with Crippen LogP contribution < -0.4 is 4.74 Å². The van der Waals surface area contributed by atoms with E-state index in [-0.39, 0.29) is 11.5 Å². The third-order valence-corrected chi connectivity index (χ3v) is 3.13. The van der Waals surface area contributed by atoms with E-state index in [4.69, 9.17) is 9.26 Å². The van der Waals surface area contributed by atoms with Crippen molar-refractivity contribution < 1.29 is 19.2 Å². The summed E-state index contributed by atoms with van der Waals surface area (Å²) >= 11 is 0. The van der Waals surface area contributed by atoms with Crippen LogP contribution in [0.2, 0.25) is 0 Å². The highest BCUT2D eigenvalue weighted by Crippen LogP contribution is 2.32. The summed E-state index contributed by atoms with van der Waals surface area (Å²) in [5, 5.41) is 13.3. The van der Waals surface area contributed by atoms with Gasteiger partial charge in [0.15, 0.2) is 5.76 Å². The zero-order chi connectivity index (χ0) is 14.9. The second kappa shape index (κ2) is 5.36. The predicted molar refractivity (Wildman–Crippen MR) is 74.3 cm³/mol. The van der Waals surface area contributed by atoms with Gasteiger partial charge < -0.3 is 14.4 Å². The maximum Gasteiger partial charge on any atom is 0.341 e. The van der Waals surface area contributed by atoms with Crippen molar-refractivity contribution in [1.29, 1.82) is 0 Å². The average molecular weight is 275 g/mol. The largest absolute Gasteiger partial charge is 0.496 e. The molecule has 0 bridgehead atoms. The zero-order valence-corrected chi connectivity index (χ0v) is 11.9. The lowest BCUT2D eigenvalue weighted by Crippen LogP contribution is -2.02. The highest BCUT2D eigenvalue weighted by atomic mass is 16.5. The van der Waals surface area contributed by atoms with Gasteiger partial charge in [-0.05, 0) is 30.7 Å². The minimum absolute atomic E-state index is 0.0401. The Morgan fingerprint density at radius 2 is 2.10 bits per heavy atom. The van der Waals surface area contributed by atoms with Gasteiger partial charge in [-0.25, -0.2) is 4.79 Å². The SMILES string of the molecule is COc1ccc(-c2noc(C(C)C)c2C(=O)O)cc1C. The molecule has 0 aliphatic rings. The highest BCUT2D eigenvalue weighted by molar-refractivity contribution is 5.96. The molecule has 0 saturated carbocycles. The van der Waals surface area contributed by atoms with Crippen molar-refractivity contribution in [1.82, 2.24) is 5.16 Å². The van der Waals surface area contributed by atoms with Gasteiger partial charge in [-0.3, -0.25) is 0 Å². The van der Waals surface area contributed by atoms with Crippen LogP contribution in [0.3, 0.4) is 0 Å². The van der Waals surface area contributed by atoms with Gasteiger partial charge in [0.1, 0.15) is 17.0 Å². The maximum atomic E-state index is 11.5. The monoisotopic (exact) mass is 275 g/mol. The summed E-state index contributed by atoms with van der Waals surface area (Å²) < 4.78 is 10.4. The number of rotatable bonds is 4. The van der Waals surface area contributed by atoms with Gasteiger partial charge in [0.25, 0.3) is 0 Å². The lowest BCUT2D eigenvalue weighted by atomic mass is 10.00.